The van der Waals surface area contributed by atoms with Gasteiger partial charge in [0, 0.05) is 23.9 Å². The lowest BCUT2D eigenvalue weighted by Crippen LogP contribution is -2.25. The highest BCUT2D eigenvalue weighted by Gasteiger charge is 2.12. The van der Waals surface area contributed by atoms with Crippen LogP contribution in [0.2, 0.25) is 0 Å². The number of hydrogen-bond acceptors (Lipinski definition) is 6. The number of benzene rings is 1. The number of aromatic nitrogens is 3. The van der Waals surface area contributed by atoms with Crippen LogP contribution in [0.25, 0.3) is 15.7 Å². The van der Waals surface area contributed by atoms with Crippen molar-refractivity contribution in [2.24, 2.45) is 0 Å². The molecule has 0 unspecified atom stereocenters. The predicted octanol–water partition coefficient (Wildman–Crippen LogP) is 4.67. The molecule has 3 heterocycles. The Labute approximate surface area is 177 Å². The van der Waals surface area contributed by atoms with Gasteiger partial charge in [-0.1, -0.05) is 19.4 Å². The largest absolute Gasteiger partial charge is 0.494 e. The van der Waals surface area contributed by atoms with Gasteiger partial charge in [0.15, 0.2) is 5.82 Å². The summed E-state index contributed by atoms with van der Waals surface area (Å²) in [7, 11) is 0. The Bertz CT molecular complexity index is 1070. The quantitative estimate of drug-likeness (QED) is 0.395. The first-order valence-electron chi connectivity index (χ1n) is 9.62. The Hall–Kier alpha value is -2.71. The van der Waals surface area contributed by atoms with Gasteiger partial charge >= 0.3 is 0 Å². The number of nitrogens with one attached hydrogen (secondary N) is 1. The third-order valence-corrected chi connectivity index (χ3v) is 6.17. The van der Waals surface area contributed by atoms with Crippen LogP contribution in [0, 0.1) is 0 Å². The van der Waals surface area contributed by atoms with Crippen molar-refractivity contribution < 1.29 is 9.53 Å². The van der Waals surface area contributed by atoms with E-state index in [4.69, 9.17) is 4.74 Å². The molecule has 150 valence electrons. The summed E-state index contributed by atoms with van der Waals surface area (Å²) < 4.78 is 7.50. The number of unbranched alkanes of at least 4 members (excludes halogenated alkanes) is 1. The minimum atomic E-state index is -0.0885. The highest BCUT2D eigenvalue weighted by atomic mass is 32.1. The number of amides is 1. The number of hydrogen-bond donors (Lipinski definition) is 1. The zero-order chi connectivity index (χ0) is 20.1. The highest BCUT2D eigenvalue weighted by molar-refractivity contribution is 7.15. The summed E-state index contributed by atoms with van der Waals surface area (Å²) in [5.41, 5.74) is 1.67. The lowest BCUT2D eigenvalue weighted by atomic mass is 10.2. The maximum absolute atomic E-state index is 12.4. The van der Waals surface area contributed by atoms with Gasteiger partial charge < -0.3 is 10.1 Å². The summed E-state index contributed by atoms with van der Waals surface area (Å²) in [5, 5.41) is 11.6. The smallest absolute Gasteiger partial charge is 0.251 e. The summed E-state index contributed by atoms with van der Waals surface area (Å²) >= 11 is 3.19. The number of ether oxygens (including phenoxy) is 1. The average molecular weight is 427 g/mol. The number of carbonyl (C=O) groups is 1. The van der Waals surface area contributed by atoms with Gasteiger partial charge in [0.25, 0.3) is 5.91 Å². The van der Waals surface area contributed by atoms with Gasteiger partial charge in [-0.2, -0.15) is 4.98 Å². The van der Waals surface area contributed by atoms with Crippen molar-refractivity contribution in [3.05, 3.63) is 58.4 Å². The number of fused-ring (bicyclic) bond motifs is 1. The minimum Gasteiger partial charge on any atom is -0.494 e. The van der Waals surface area contributed by atoms with E-state index in [1.54, 1.807) is 34.8 Å². The standard InChI is InChI=1S/C21H22N4O2S2/c1-2-3-12-27-17-8-6-15(7-9-17)20(26)22-11-10-16-14-29-21-23-19(24-25(16)21)18-5-4-13-28-18/h4-9,13-14H,2-3,10-12H2,1H3,(H,22,26). The SMILES string of the molecule is CCCCOc1ccc(C(=O)NCCc2csc3nc(-c4cccs4)nn23)cc1. The Morgan fingerprint density at radius 3 is 2.83 bits per heavy atom. The molecule has 8 heteroatoms. The molecular formula is C21H22N4O2S2. The second kappa shape index (κ2) is 9.19. The van der Waals surface area contributed by atoms with Crippen LogP contribution in [0.5, 0.6) is 5.75 Å². The molecule has 0 aliphatic carbocycles. The van der Waals surface area contributed by atoms with Gasteiger partial charge in [0.2, 0.25) is 4.96 Å². The molecule has 0 atom stereocenters. The molecule has 4 rings (SSSR count). The molecule has 1 amide bonds. The molecule has 0 aliphatic heterocycles. The fourth-order valence-corrected chi connectivity index (χ4v) is 4.36. The van der Waals surface area contributed by atoms with E-state index in [0.29, 0.717) is 25.1 Å². The number of nitrogens with zero attached hydrogens (tertiary/aromatic N) is 3. The fourth-order valence-electron chi connectivity index (χ4n) is 2.85. The third kappa shape index (κ3) is 4.65. The lowest BCUT2D eigenvalue weighted by Gasteiger charge is -2.07. The van der Waals surface area contributed by atoms with Gasteiger partial charge in [-0.15, -0.1) is 27.8 Å². The van der Waals surface area contributed by atoms with Crippen LogP contribution >= 0.6 is 22.7 Å². The Balaban J connectivity index is 1.32. The zero-order valence-electron chi connectivity index (χ0n) is 16.1. The molecule has 1 N–H and O–H groups in total. The molecule has 0 fully saturated rings. The van der Waals surface area contributed by atoms with Gasteiger partial charge in [-0.3, -0.25) is 4.79 Å². The maximum Gasteiger partial charge on any atom is 0.251 e. The molecule has 0 aliphatic rings. The summed E-state index contributed by atoms with van der Waals surface area (Å²) in [6.45, 7) is 3.37. The number of thiophene rings is 1. The first kappa shape index (κ1) is 19.6. The minimum absolute atomic E-state index is 0.0885. The maximum atomic E-state index is 12.4. The van der Waals surface area contributed by atoms with Crippen LogP contribution in [-0.4, -0.2) is 33.7 Å². The van der Waals surface area contributed by atoms with Crippen LogP contribution in [0.1, 0.15) is 35.8 Å². The first-order chi connectivity index (χ1) is 14.2. The van der Waals surface area contributed by atoms with E-state index in [0.717, 1.165) is 39.9 Å². The highest BCUT2D eigenvalue weighted by Crippen LogP contribution is 2.24. The van der Waals surface area contributed by atoms with E-state index in [9.17, 15) is 4.79 Å². The molecule has 0 saturated heterocycles. The van der Waals surface area contributed by atoms with E-state index in [2.05, 4.69) is 22.3 Å². The number of thiazole rings is 1. The Morgan fingerprint density at radius 1 is 1.21 bits per heavy atom. The molecule has 3 aromatic heterocycles. The zero-order valence-corrected chi connectivity index (χ0v) is 17.8. The van der Waals surface area contributed by atoms with E-state index >= 15 is 0 Å². The molecule has 29 heavy (non-hydrogen) atoms. The summed E-state index contributed by atoms with van der Waals surface area (Å²) in [6.07, 6.45) is 2.82. The van der Waals surface area contributed by atoms with Crippen molar-refractivity contribution in [1.29, 1.82) is 0 Å². The van der Waals surface area contributed by atoms with Gasteiger partial charge in [-0.25, -0.2) is 4.52 Å². The fraction of sp³-hybridized carbons (Fsp3) is 0.286. The van der Waals surface area contributed by atoms with Crippen LogP contribution in [-0.2, 0) is 6.42 Å². The van der Waals surface area contributed by atoms with Crippen molar-refractivity contribution in [2.45, 2.75) is 26.2 Å². The van der Waals surface area contributed by atoms with Crippen molar-refractivity contribution >= 4 is 33.5 Å². The monoisotopic (exact) mass is 426 g/mol. The van der Waals surface area contributed by atoms with Crippen LogP contribution in [0.3, 0.4) is 0 Å². The first-order valence-corrected chi connectivity index (χ1v) is 11.4. The Morgan fingerprint density at radius 2 is 2.07 bits per heavy atom. The third-order valence-electron chi connectivity index (χ3n) is 4.44. The molecule has 0 spiro atoms. The number of rotatable bonds is 9. The van der Waals surface area contributed by atoms with E-state index in [1.165, 1.54) is 0 Å². The van der Waals surface area contributed by atoms with E-state index < -0.39 is 0 Å². The molecule has 0 radical (unpaired) electrons. The molecule has 4 aromatic rings. The van der Waals surface area contributed by atoms with Crippen molar-refractivity contribution in [3.63, 3.8) is 0 Å². The van der Waals surface area contributed by atoms with E-state index in [1.807, 2.05) is 39.5 Å². The van der Waals surface area contributed by atoms with Crippen molar-refractivity contribution in [1.82, 2.24) is 19.9 Å². The van der Waals surface area contributed by atoms with Gasteiger partial charge in [0.1, 0.15) is 5.75 Å². The topological polar surface area (TPSA) is 68.5 Å². The van der Waals surface area contributed by atoms with Crippen LogP contribution < -0.4 is 10.1 Å². The summed E-state index contributed by atoms with van der Waals surface area (Å²) in [4.78, 5) is 18.9. The lowest BCUT2D eigenvalue weighted by molar-refractivity contribution is 0.0954. The summed E-state index contributed by atoms with van der Waals surface area (Å²) in [5.74, 6) is 1.45. The summed E-state index contributed by atoms with van der Waals surface area (Å²) in [6, 6.07) is 11.3. The molecule has 6 nitrogen and oxygen atoms in total. The molecule has 0 saturated carbocycles. The Kier molecular flexibility index (Phi) is 6.21. The molecule has 1 aromatic carbocycles. The van der Waals surface area contributed by atoms with Crippen LogP contribution in [0.4, 0.5) is 0 Å². The average Bonchev–Trinajstić information content (AvgIpc) is 3.46. The van der Waals surface area contributed by atoms with Gasteiger partial charge in [-0.05, 0) is 42.1 Å². The normalized spacial score (nSPS) is 11.1. The molecular weight excluding hydrogens is 404 g/mol. The second-order valence-electron chi connectivity index (χ2n) is 6.57. The number of carbonyl (C=O) groups excluding carboxylic acids is 1. The van der Waals surface area contributed by atoms with Crippen molar-refractivity contribution in [3.8, 4) is 16.5 Å². The molecule has 0 bridgehead atoms. The van der Waals surface area contributed by atoms with Crippen molar-refractivity contribution in [2.75, 3.05) is 13.2 Å². The second-order valence-corrected chi connectivity index (χ2v) is 8.35. The predicted molar refractivity (Wildman–Crippen MR) is 117 cm³/mol. The van der Waals surface area contributed by atoms with Gasteiger partial charge in [0.05, 0.1) is 17.2 Å². The van der Waals surface area contributed by atoms with E-state index in [-0.39, 0.29) is 5.91 Å². The van der Waals surface area contributed by atoms with Crippen LogP contribution in [0.15, 0.2) is 47.2 Å².